The summed E-state index contributed by atoms with van der Waals surface area (Å²) < 4.78 is 5.96. The van der Waals surface area contributed by atoms with E-state index >= 15 is 0 Å². The lowest BCUT2D eigenvalue weighted by Gasteiger charge is -2.01. The largest absolute Gasteiger partial charge is 0.449 e. The van der Waals surface area contributed by atoms with E-state index in [0.717, 1.165) is 0 Å². The first-order chi connectivity index (χ1) is 7.04. The Kier molecular flexibility index (Phi) is 3.27. The number of urea groups is 1. The van der Waals surface area contributed by atoms with E-state index < -0.39 is 12.1 Å². The van der Waals surface area contributed by atoms with Crippen LogP contribution in [0.25, 0.3) is 0 Å². The number of anilines is 1. The minimum Gasteiger partial charge on any atom is -0.449 e. The van der Waals surface area contributed by atoms with E-state index in [2.05, 4.69) is 10.3 Å². The summed E-state index contributed by atoms with van der Waals surface area (Å²) in [5, 5.41) is 2.26. The standard InChI is InChI=1S/C8H12N4O3/c1-3-15-8(14)12-4-6(10-5(12)2)11-7(9)13/h4H,3H2,1-2H3,(H3,9,11,13). The predicted octanol–water partition coefficient (Wildman–Crippen LogP) is 0.687. The van der Waals surface area contributed by atoms with Crippen LogP contribution in [-0.2, 0) is 4.74 Å². The second-order valence-electron chi connectivity index (χ2n) is 2.73. The molecule has 7 heteroatoms. The monoisotopic (exact) mass is 212 g/mol. The van der Waals surface area contributed by atoms with Gasteiger partial charge >= 0.3 is 12.1 Å². The van der Waals surface area contributed by atoms with Crippen LogP contribution in [0.1, 0.15) is 12.7 Å². The average molecular weight is 212 g/mol. The van der Waals surface area contributed by atoms with Gasteiger partial charge in [0.25, 0.3) is 0 Å². The first kappa shape index (κ1) is 11.0. The van der Waals surface area contributed by atoms with E-state index in [1.807, 2.05) is 0 Å². The highest BCUT2D eigenvalue weighted by atomic mass is 16.5. The minimum absolute atomic E-state index is 0.216. The van der Waals surface area contributed by atoms with Crippen LogP contribution in [0.15, 0.2) is 6.20 Å². The molecule has 0 spiro atoms. The Balaban J connectivity index is 2.86. The molecule has 0 fully saturated rings. The molecule has 0 saturated heterocycles. The summed E-state index contributed by atoms with van der Waals surface area (Å²) in [5.74, 6) is 0.630. The maximum atomic E-state index is 11.3. The topological polar surface area (TPSA) is 99.2 Å². The smallest absolute Gasteiger partial charge is 0.419 e. The van der Waals surface area contributed by atoms with Crippen molar-refractivity contribution < 1.29 is 14.3 Å². The van der Waals surface area contributed by atoms with Crippen LogP contribution in [0, 0.1) is 6.92 Å². The summed E-state index contributed by atoms with van der Waals surface area (Å²) in [6.45, 7) is 3.59. The molecule has 0 aliphatic carbocycles. The van der Waals surface area contributed by atoms with E-state index in [-0.39, 0.29) is 12.4 Å². The van der Waals surface area contributed by atoms with Gasteiger partial charge < -0.3 is 10.5 Å². The number of rotatable bonds is 2. The Bertz CT molecular complexity index is 385. The molecule has 0 atom stereocenters. The van der Waals surface area contributed by atoms with Crippen molar-refractivity contribution in [2.24, 2.45) is 5.73 Å². The van der Waals surface area contributed by atoms with Crippen molar-refractivity contribution in [3.63, 3.8) is 0 Å². The van der Waals surface area contributed by atoms with Crippen LogP contribution in [0.5, 0.6) is 0 Å². The summed E-state index contributed by atoms with van der Waals surface area (Å²) in [4.78, 5) is 25.8. The molecule has 2 amide bonds. The third kappa shape index (κ3) is 2.70. The molecular weight excluding hydrogens is 200 g/mol. The molecule has 1 aromatic heterocycles. The zero-order chi connectivity index (χ0) is 11.4. The number of carbonyl (C=O) groups excluding carboxylic acids is 2. The normalized spacial score (nSPS) is 9.73. The van der Waals surface area contributed by atoms with Gasteiger partial charge in [-0.05, 0) is 13.8 Å². The van der Waals surface area contributed by atoms with Gasteiger partial charge in [-0.3, -0.25) is 5.32 Å². The lowest BCUT2D eigenvalue weighted by atomic mass is 10.7. The molecule has 0 saturated carbocycles. The van der Waals surface area contributed by atoms with Gasteiger partial charge in [0, 0.05) is 0 Å². The summed E-state index contributed by atoms with van der Waals surface area (Å²) in [5.41, 5.74) is 4.90. The number of nitrogens with one attached hydrogen (secondary N) is 1. The summed E-state index contributed by atoms with van der Waals surface area (Å²) in [6.07, 6.45) is 0.804. The molecule has 3 N–H and O–H groups in total. The van der Waals surface area contributed by atoms with Gasteiger partial charge in [-0.25, -0.2) is 19.1 Å². The second-order valence-corrected chi connectivity index (χ2v) is 2.73. The molecule has 7 nitrogen and oxygen atoms in total. The molecule has 82 valence electrons. The molecule has 0 radical (unpaired) electrons. The van der Waals surface area contributed by atoms with Crippen molar-refractivity contribution in [1.82, 2.24) is 9.55 Å². The minimum atomic E-state index is -0.733. The van der Waals surface area contributed by atoms with Gasteiger partial charge in [0.15, 0.2) is 5.82 Å². The number of nitrogens with two attached hydrogens (primary N) is 1. The van der Waals surface area contributed by atoms with E-state index in [9.17, 15) is 9.59 Å². The highest BCUT2D eigenvalue weighted by molar-refractivity contribution is 5.87. The van der Waals surface area contributed by atoms with Crippen molar-refractivity contribution in [3.8, 4) is 0 Å². The zero-order valence-corrected chi connectivity index (χ0v) is 8.48. The number of hydrogen-bond acceptors (Lipinski definition) is 4. The Morgan fingerprint density at radius 2 is 2.33 bits per heavy atom. The highest BCUT2D eigenvalue weighted by Crippen LogP contribution is 2.07. The third-order valence-electron chi connectivity index (χ3n) is 1.60. The molecular formula is C8H12N4O3. The van der Waals surface area contributed by atoms with E-state index in [1.165, 1.54) is 10.8 Å². The van der Waals surface area contributed by atoms with Gasteiger partial charge in [0.1, 0.15) is 5.82 Å². The molecule has 0 aliphatic rings. The fourth-order valence-electron chi connectivity index (χ4n) is 1.04. The average Bonchev–Trinajstić information content (AvgIpc) is 2.46. The maximum absolute atomic E-state index is 11.3. The van der Waals surface area contributed by atoms with Crippen LogP contribution < -0.4 is 11.1 Å². The molecule has 0 aliphatic heterocycles. The SMILES string of the molecule is CCOC(=O)n1cc(NC(N)=O)nc1C. The van der Waals surface area contributed by atoms with E-state index in [4.69, 9.17) is 10.5 Å². The van der Waals surface area contributed by atoms with Crippen LogP contribution in [0.3, 0.4) is 0 Å². The molecule has 1 rings (SSSR count). The van der Waals surface area contributed by atoms with Crippen molar-refractivity contribution in [1.29, 1.82) is 0 Å². The fourth-order valence-corrected chi connectivity index (χ4v) is 1.04. The first-order valence-electron chi connectivity index (χ1n) is 4.34. The fraction of sp³-hybridized carbons (Fsp3) is 0.375. The number of ether oxygens (including phenoxy) is 1. The van der Waals surface area contributed by atoms with Gasteiger partial charge in [-0.15, -0.1) is 0 Å². The summed E-state index contributed by atoms with van der Waals surface area (Å²) >= 11 is 0. The van der Waals surface area contributed by atoms with Gasteiger partial charge in [0.2, 0.25) is 0 Å². The molecule has 1 heterocycles. The maximum Gasteiger partial charge on any atom is 0.419 e. The number of nitrogens with zero attached hydrogens (tertiary/aromatic N) is 2. The van der Waals surface area contributed by atoms with Gasteiger partial charge in [-0.1, -0.05) is 0 Å². The van der Waals surface area contributed by atoms with Crippen LogP contribution in [0.4, 0.5) is 15.4 Å². The lowest BCUT2D eigenvalue weighted by molar-refractivity contribution is 0.153. The summed E-state index contributed by atoms with van der Waals surface area (Å²) in [6, 6.07) is -0.733. The highest BCUT2D eigenvalue weighted by Gasteiger charge is 2.12. The Hall–Kier alpha value is -2.05. The van der Waals surface area contributed by atoms with Crippen molar-refractivity contribution in [2.75, 3.05) is 11.9 Å². The number of aromatic nitrogens is 2. The van der Waals surface area contributed by atoms with Gasteiger partial charge in [0.05, 0.1) is 12.8 Å². The lowest BCUT2D eigenvalue weighted by Crippen LogP contribution is -2.19. The predicted molar refractivity (Wildman–Crippen MR) is 52.6 cm³/mol. The van der Waals surface area contributed by atoms with Crippen LogP contribution in [-0.4, -0.2) is 28.3 Å². The molecule has 0 aromatic carbocycles. The van der Waals surface area contributed by atoms with Crippen LogP contribution >= 0.6 is 0 Å². The molecule has 0 bridgehead atoms. The Morgan fingerprint density at radius 1 is 1.67 bits per heavy atom. The third-order valence-corrected chi connectivity index (χ3v) is 1.60. The van der Waals surface area contributed by atoms with Crippen LogP contribution in [0.2, 0.25) is 0 Å². The zero-order valence-electron chi connectivity index (χ0n) is 8.48. The Morgan fingerprint density at radius 3 is 2.87 bits per heavy atom. The molecule has 1 aromatic rings. The first-order valence-corrected chi connectivity index (χ1v) is 4.34. The van der Waals surface area contributed by atoms with Crippen molar-refractivity contribution in [2.45, 2.75) is 13.8 Å². The van der Waals surface area contributed by atoms with Gasteiger partial charge in [-0.2, -0.15) is 0 Å². The number of carbonyl (C=O) groups is 2. The number of aryl methyl sites for hydroxylation is 1. The molecule has 15 heavy (non-hydrogen) atoms. The molecule has 0 unspecified atom stereocenters. The number of imidazole rings is 1. The Labute approximate surface area is 86.2 Å². The number of amides is 2. The van der Waals surface area contributed by atoms with Crippen molar-refractivity contribution >= 4 is 17.9 Å². The second kappa shape index (κ2) is 4.45. The quantitative estimate of drug-likeness (QED) is 0.753. The van der Waals surface area contributed by atoms with E-state index in [0.29, 0.717) is 5.82 Å². The van der Waals surface area contributed by atoms with E-state index in [1.54, 1.807) is 13.8 Å². The summed E-state index contributed by atoms with van der Waals surface area (Å²) in [7, 11) is 0. The number of primary amides is 1. The number of hydrogen-bond donors (Lipinski definition) is 2. The van der Waals surface area contributed by atoms with Crippen molar-refractivity contribution in [3.05, 3.63) is 12.0 Å².